The summed E-state index contributed by atoms with van der Waals surface area (Å²) in [5.74, 6) is 0.286. The van der Waals surface area contributed by atoms with Crippen molar-refractivity contribution in [2.45, 2.75) is 0 Å². The van der Waals surface area contributed by atoms with E-state index in [4.69, 9.17) is 9.47 Å². The van der Waals surface area contributed by atoms with Crippen LogP contribution in [0.15, 0.2) is 30.0 Å². The fourth-order valence-electron chi connectivity index (χ4n) is 1.71. The van der Waals surface area contributed by atoms with Gasteiger partial charge in [0.05, 0.1) is 19.8 Å². The Morgan fingerprint density at radius 2 is 1.83 bits per heavy atom. The highest BCUT2D eigenvalue weighted by Crippen LogP contribution is 2.28. The molecule has 6 heteroatoms. The summed E-state index contributed by atoms with van der Waals surface area (Å²) in [7, 11) is 2.94. The normalized spacial score (nSPS) is 17.0. The number of urea groups is 1. The number of rotatable bonds is 3. The van der Waals surface area contributed by atoms with E-state index in [2.05, 4.69) is 10.6 Å². The van der Waals surface area contributed by atoms with E-state index in [1.165, 1.54) is 14.2 Å². The largest absolute Gasteiger partial charge is 0.496 e. The number of methoxy groups -OCH3 is 2. The maximum Gasteiger partial charge on any atom is 0.326 e. The van der Waals surface area contributed by atoms with Gasteiger partial charge in [-0.05, 0) is 12.1 Å². The Hall–Kier alpha value is -2.50. The lowest BCUT2D eigenvalue weighted by Crippen LogP contribution is -2.22. The van der Waals surface area contributed by atoms with E-state index in [-0.39, 0.29) is 11.5 Å². The summed E-state index contributed by atoms with van der Waals surface area (Å²) in [6.45, 7) is 0. The zero-order valence-corrected chi connectivity index (χ0v) is 9.94. The van der Waals surface area contributed by atoms with Gasteiger partial charge < -0.3 is 9.47 Å². The number of carbonyl (C=O) groups excluding carboxylic acids is 2. The Labute approximate surface area is 104 Å². The van der Waals surface area contributed by atoms with Crippen molar-refractivity contribution in [1.29, 1.82) is 0 Å². The van der Waals surface area contributed by atoms with Gasteiger partial charge in [-0.15, -0.1) is 0 Å². The molecule has 0 unspecified atom stereocenters. The van der Waals surface area contributed by atoms with Crippen LogP contribution in [-0.4, -0.2) is 26.2 Å². The van der Waals surface area contributed by atoms with E-state index in [0.717, 1.165) is 0 Å². The molecule has 2 N–H and O–H groups in total. The maximum atomic E-state index is 11.6. The van der Waals surface area contributed by atoms with E-state index >= 15 is 0 Å². The molecule has 0 bridgehead atoms. The van der Waals surface area contributed by atoms with Gasteiger partial charge in [0.2, 0.25) is 0 Å². The number of para-hydroxylation sites is 1. The molecule has 6 nitrogen and oxygen atoms in total. The van der Waals surface area contributed by atoms with Crippen molar-refractivity contribution in [1.82, 2.24) is 10.6 Å². The zero-order valence-electron chi connectivity index (χ0n) is 9.94. The molecular weight excluding hydrogens is 236 g/mol. The molecule has 1 heterocycles. The van der Waals surface area contributed by atoms with E-state index in [0.29, 0.717) is 11.3 Å². The summed E-state index contributed by atoms with van der Waals surface area (Å²) in [6.07, 6.45) is 0. The van der Waals surface area contributed by atoms with Crippen LogP contribution in [-0.2, 0) is 9.53 Å². The van der Waals surface area contributed by atoms with Gasteiger partial charge in [-0.25, -0.2) is 4.79 Å². The van der Waals surface area contributed by atoms with E-state index in [1.54, 1.807) is 24.3 Å². The fourth-order valence-corrected chi connectivity index (χ4v) is 1.71. The molecule has 94 valence electrons. The molecule has 1 fully saturated rings. The summed E-state index contributed by atoms with van der Waals surface area (Å²) in [5.41, 5.74) is 0.668. The predicted octanol–water partition coefficient (Wildman–Crippen LogP) is 0.850. The average Bonchev–Trinajstić information content (AvgIpc) is 2.70. The standard InChI is InChI=1S/C12H12N2O4/c1-17-8-6-4-3-5-7(8)10(18-2)9-11(15)14-12(16)13-9/h3-6H,1-2H3,(H2,13,14,15,16). The second kappa shape index (κ2) is 4.79. The van der Waals surface area contributed by atoms with Crippen LogP contribution in [0, 0.1) is 0 Å². The number of hydrogen-bond donors (Lipinski definition) is 2. The highest BCUT2D eigenvalue weighted by Gasteiger charge is 2.29. The first-order chi connectivity index (χ1) is 8.67. The van der Waals surface area contributed by atoms with Crippen LogP contribution < -0.4 is 15.4 Å². The topological polar surface area (TPSA) is 76.7 Å². The third kappa shape index (κ3) is 2.00. The van der Waals surface area contributed by atoms with Crippen LogP contribution in [0.3, 0.4) is 0 Å². The average molecular weight is 248 g/mol. The third-order valence-electron chi connectivity index (χ3n) is 2.48. The smallest absolute Gasteiger partial charge is 0.326 e. The quantitative estimate of drug-likeness (QED) is 0.472. The lowest BCUT2D eigenvalue weighted by atomic mass is 10.1. The van der Waals surface area contributed by atoms with Crippen molar-refractivity contribution in [2.75, 3.05) is 14.2 Å². The Bertz CT molecular complexity index is 537. The van der Waals surface area contributed by atoms with Gasteiger partial charge in [0.15, 0.2) is 11.5 Å². The molecule has 1 aromatic carbocycles. The van der Waals surface area contributed by atoms with E-state index in [1.807, 2.05) is 0 Å². The first kappa shape index (κ1) is 12.0. The van der Waals surface area contributed by atoms with Crippen LogP contribution >= 0.6 is 0 Å². The van der Waals surface area contributed by atoms with Gasteiger partial charge in [0, 0.05) is 0 Å². The van der Waals surface area contributed by atoms with Gasteiger partial charge >= 0.3 is 6.03 Å². The molecule has 0 atom stereocenters. The van der Waals surface area contributed by atoms with Gasteiger partial charge in [-0.2, -0.15) is 0 Å². The van der Waals surface area contributed by atoms with Crippen LogP contribution in [0.4, 0.5) is 4.79 Å². The second-order valence-corrected chi connectivity index (χ2v) is 3.52. The maximum absolute atomic E-state index is 11.6. The summed E-state index contributed by atoms with van der Waals surface area (Å²) >= 11 is 0. The third-order valence-corrected chi connectivity index (χ3v) is 2.48. The Balaban J connectivity index is 2.55. The fraction of sp³-hybridized carbons (Fsp3) is 0.167. The molecule has 1 aliphatic heterocycles. The predicted molar refractivity (Wildman–Crippen MR) is 63.6 cm³/mol. The molecule has 18 heavy (non-hydrogen) atoms. The molecule has 2 rings (SSSR count). The lowest BCUT2D eigenvalue weighted by molar-refractivity contribution is -0.115. The number of hydrogen-bond acceptors (Lipinski definition) is 4. The van der Waals surface area contributed by atoms with E-state index < -0.39 is 11.9 Å². The summed E-state index contributed by atoms with van der Waals surface area (Å²) in [5, 5.41) is 4.53. The van der Waals surface area contributed by atoms with Crippen molar-refractivity contribution in [3.63, 3.8) is 0 Å². The van der Waals surface area contributed by atoms with Gasteiger partial charge in [-0.3, -0.25) is 15.4 Å². The molecule has 3 amide bonds. The summed E-state index contributed by atoms with van der Waals surface area (Å²) in [4.78, 5) is 22.7. The number of imide groups is 1. The van der Waals surface area contributed by atoms with E-state index in [9.17, 15) is 9.59 Å². The highest BCUT2D eigenvalue weighted by molar-refractivity contribution is 6.15. The molecule has 1 aromatic rings. The van der Waals surface area contributed by atoms with Gasteiger partial charge in [-0.1, -0.05) is 12.1 Å². The summed E-state index contributed by atoms with van der Waals surface area (Å²) in [6, 6.07) is 6.49. The Morgan fingerprint density at radius 3 is 2.39 bits per heavy atom. The van der Waals surface area contributed by atoms with Crippen LogP contribution in [0.1, 0.15) is 5.56 Å². The molecule has 0 radical (unpaired) electrons. The Kier molecular flexibility index (Phi) is 3.18. The molecule has 0 aromatic heterocycles. The molecule has 1 aliphatic rings. The zero-order chi connectivity index (χ0) is 13.1. The molecule has 1 saturated heterocycles. The van der Waals surface area contributed by atoms with Gasteiger partial charge in [0.25, 0.3) is 5.91 Å². The van der Waals surface area contributed by atoms with Gasteiger partial charge in [0.1, 0.15) is 5.75 Å². The SMILES string of the molecule is COC(=C1NC(=O)NC1=O)c1ccccc1OC. The molecule has 0 aliphatic carbocycles. The van der Waals surface area contributed by atoms with Crippen molar-refractivity contribution < 1.29 is 19.1 Å². The number of ether oxygens (including phenoxy) is 2. The Morgan fingerprint density at radius 1 is 1.11 bits per heavy atom. The highest BCUT2D eigenvalue weighted by atomic mass is 16.5. The van der Waals surface area contributed by atoms with Crippen LogP contribution in [0.2, 0.25) is 0 Å². The van der Waals surface area contributed by atoms with Crippen LogP contribution in [0.5, 0.6) is 5.75 Å². The first-order valence-electron chi connectivity index (χ1n) is 5.21. The second-order valence-electron chi connectivity index (χ2n) is 3.52. The van der Waals surface area contributed by atoms with Crippen molar-refractivity contribution >= 4 is 17.7 Å². The number of amides is 3. The molecule has 0 saturated carbocycles. The number of nitrogens with one attached hydrogen (secondary N) is 2. The lowest BCUT2D eigenvalue weighted by Gasteiger charge is -2.12. The minimum Gasteiger partial charge on any atom is -0.496 e. The monoisotopic (exact) mass is 248 g/mol. The first-order valence-corrected chi connectivity index (χ1v) is 5.21. The number of carbonyl (C=O) groups is 2. The summed E-state index contributed by atoms with van der Waals surface area (Å²) < 4.78 is 10.4. The van der Waals surface area contributed by atoms with Crippen molar-refractivity contribution in [3.05, 3.63) is 35.5 Å². The minimum absolute atomic E-state index is 0.0759. The van der Waals surface area contributed by atoms with Crippen molar-refractivity contribution in [2.24, 2.45) is 0 Å². The number of benzene rings is 1. The van der Waals surface area contributed by atoms with Crippen molar-refractivity contribution in [3.8, 4) is 5.75 Å². The van der Waals surface area contributed by atoms with Crippen LogP contribution in [0.25, 0.3) is 5.76 Å². The molecular formula is C12H12N2O4. The molecule has 0 spiro atoms. The minimum atomic E-state index is -0.570.